The molecule has 6 radical (unpaired) electrons. The minimum absolute atomic E-state index is 0. The van der Waals surface area contributed by atoms with Crippen LogP contribution in [-0.2, 0) is 61.3 Å². The van der Waals surface area contributed by atoms with Gasteiger partial charge in [0.1, 0.15) is 0 Å². The van der Waals surface area contributed by atoms with Crippen molar-refractivity contribution in [3.8, 4) is 0 Å². The molecule has 0 aromatic rings. The number of rotatable bonds is 0. The molecule has 0 saturated heterocycles. The quantitative estimate of drug-likeness (QED) is 0.526. The van der Waals surface area contributed by atoms with Gasteiger partial charge in [0, 0.05) is 68.7 Å². The predicted octanol–water partition coefficient (Wildman–Crippen LogP) is 0.0738. The van der Waals surface area contributed by atoms with Gasteiger partial charge in [-0.3, -0.25) is 0 Å². The molecule has 0 unspecified atom stereocenters. The Kier molecular flexibility index (Phi) is 191. The SMILES string of the molecule is [Ag].[Au].[C].[Ni]. The van der Waals surface area contributed by atoms with Crippen LogP contribution in [-0.4, -0.2) is 0 Å². The van der Waals surface area contributed by atoms with Crippen molar-refractivity contribution in [2.75, 3.05) is 0 Å². The molecule has 0 aromatic carbocycles. The van der Waals surface area contributed by atoms with E-state index in [1.54, 1.807) is 0 Å². The second-order valence-corrected chi connectivity index (χ2v) is 0. The van der Waals surface area contributed by atoms with E-state index in [4.69, 9.17) is 0 Å². The molecule has 3 heteroatoms. The summed E-state index contributed by atoms with van der Waals surface area (Å²) in [4.78, 5) is 0. The largest absolute Gasteiger partial charge is 0 e. The van der Waals surface area contributed by atoms with Crippen LogP contribution in [0.4, 0.5) is 0 Å². The van der Waals surface area contributed by atoms with Gasteiger partial charge in [0.25, 0.3) is 0 Å². The molecule has 0 atom stereocenters. The van der Waals surface area contributed by atoms with E-state index >= 15 is 0 Å². The van der Waals surface area contributed by atoms with Gasteiger partial charge in [0.05, 0.1) is 0 Å². The second-order valence-electron chi connectivity index (χ2n) is 0. The van der Waals surface area contributed by atoms with Gasteiger partial charge >= 0.3 is 0 Å². The van der Waals surface area contributed by atoms with Crippen molar-refractivity contribution in [2.24, 2.45) is 0 Å². The van der Waals surface area contributed by atoms with E-state index < -0.39 is 0 Å². The molecule has 4 heavy (non-hydrogen) atoms. The first-order valence-electron chi connectivity index (χ1n) is 0. The summed E-state index contributed by atoms with van der Waals surface area (Å²) in [6.45, 7) is 0. The van der Waals surface area contributed by atoms with E-state index in [2.05, 4.69) is 0 Å². The van der Waals surface area contributed by atoms with E-state index in [1.165, 1.54) is 0 Å². The van der Waals surface area contributed by atoms with Crippen LogP contribution in [0.1, 0.15) is 0 Å². The van der Waals surface area contributed by atoms with Gasteiger partial charge in [-0.05, 0) is 0 Å². The monoisotopic (exact) mass is 374 g/mol. The Hall–Kier alpha value is 1.97. The van der Waals surface area contributed by atoms with Crippen molar-refractivity contribution in [1.29, 1.82) is 0 Å². The van der Waals surface area contributed by atoms with Gasteiger partial charge < -0.3 is 0 Å². The average molecular weight is 376 g/mol. The molecule has 0 aromatic heterocycles. The first-order valence-corrected chi connectivity index (χ1v) is 0. The van der Waals surface area contributed by atoms with E-state index in [0.717, 1.165) is 0 Å². The van der Waals surface area contributed by atoms with Crippen LogP contribution in [0.5, 0.6) is 0 Å². The molecule has 0 heterocycles. The molecule has 0 bridgehead atoms. The standard InChI is InChI=1S/C.Ag.Au.Ni. The molecule has 0 amide bonds. The minimum Gasteiger partial charge on any atom is 0 e. The zero-order valence-electron chi connectivity index (χ0n) is 1.42. The van der Waals surface area contributed by atoms with E-state index in [1.807, 2.05) is 0 Å². The van der Waals surface area contributed by atoms with Crippen molar-refractivity contribution in [3.63, 3.8) is 0 Å². The first kappa shape index (κ1) is 37.9. The molecule has 0 rings (SSSR count). The Bertz CT molecular complexity index is 8.00. The summed E-state index contributed by atoms with van der Waals surface area (Å²) in [6, 6.07) is 0. The molecule has 0 nitrogen and oxygen atoms in total. The molecule has 0 N–H and O–H groups in total. The zero-order valence-corrected chi connectivity index (χ0v) is 6.06. The third-order valence-electron chi connectivity index (χ3n) is 0. The Morgan fingerprint density at radius 2 is 1.00 bits per heavy atom. The Balaban J connectivity index is 0. The normalized spacial score (nSPS) is 0. The third-order valence-corrected chi connectivity index (χ3v) is 0. The Morgan fingerprint density at radius 1 is 1.00 bits per heavy atom. The molecule has 0 saturated carbocycles. The van der Waals surface area contributed by atoms with Crippen molar-refractivity contribution >= 4 is 0 Å². The molecule has 0 aliphatic carbocycles. The molecule has 0 aliphatic rings. The van der Waals surface area contributed by atoms with Gasteiger partial charge in [0.15, 0.2) is 0 Å². The smallest absolute Gasteiger partial charge is 0 e. The van der Waals surface area contributed by atoms with Crippen LogP contribution in [0.15, 0.2) is 0 Å². The van der Waals surface area contributed by atoms with Gasteiger partial charge in [-0.2, -0.15) is 0 Å². The van der Waals surface area contributed by atoms with Crippen LogP contribution < -0.4 is 0 Å². The van der Waals surface area contributed by atoms with Gasteiger partial charge in [-0.25, -0.2) is 0 Å². The fourth-order valence-electron chi connectivity index (χ4n) is 0. The molecular formula is CAgAuNi. The Labute approximate surface area is 68.1 Å². The molecule has 0 aliphatic heterocycles. The van der Waals surface area contributed by atoms with Gasteiger partial charge in [-0.15, -0.1) is 0 Å². The van der Waals surface area contributed by atoms with Crippen molar-refractivity contribution in [3.05, 3.63) is 7.43 Å². The summed E-state index contributed by atoms with van der Waals surface area (Å²) in [5, 5.41) is 0. The summed E-state index contributed by atoms with van der Waals surface area (Å²) >= 11 is 0. The average Bonchev–Trinajstić information content (AvgIpc) is 0. The maximum absolute atomic E-state index is 0. The maximum Gasteiger partial charge on any atom is 0 e. The fraction of sp³-hybridized carbons (Fsp3) is 0. The summed E-state index contributed by atoms with van der Waals surface area (Å²) in [7, 11) is 0. The number of hydrogen-bond donors (Lipinski definition) is 0. The van der Waals surface area contributed by atoms with Crippen LogP contribution in [0.2, 0.25) is 0 Å². The minimum atomic E-state index is 0. The topological polar surface area (TPSA) is 0 Å². The summed E-state index contributed by atoms with van der Waals surface area (Å²) in [5.74, 6) is 0. The zero-order chi connectivity index (χ0) is 0. The van der Waals surface area contributed by atoms with E-state index in [-0.39, 0.29) is 68.7 Å². The van der Waals surface area contributed by atoms with E-state index in [0.29, 0.717) is 0 Å². The van der Waals surface area contributed by atoms with Crippen molar-refractivity contribution < 1.29 is 61.3 Å². The van der Waals surface area contributed by atoms with Crippen LogP contribution >= 0.6 is 0 Å². The molecule has 0 spiro atoms. The Morgan fingerprint density at radius 3 is 1.00 bits per heavy atom. The van der Waals surface area contributed by atoms with Crippen molar-refractivity contribution in [2.45, 2.75) is 0 Å². The maximum atomic E-state index is 0. The predicted molar refractivity (Wildman–Crippen MR) is 3.24 cm³/mol. The molecule has 36 valence electrons. The summed E-state index contributed by atoms with van der Waals surface area (Å²) in [5.41, 5.74) is 0. The summed E-state index contributed by atoms with van der Waals surface area (Å²) in [6.07, 6.45) is 0. The summed E-state index contributed by atoms with van der Waals surface area (Å²) < 4.78 is 0. The number of hydrogen-bond acceptors (Lipinski definition) is 0. The first-order chi connectivity index (χ1) is 0. The van der Waals surface area contributed by atoms with Crippen LogP contribution in [0, 0.1) is 7.43 Å². The third kappa shape index (κ3) is 9.02. The van der Waals surface area contributed by atoms with Crippen molar-refractivity contribution in [1.82, 2.24) is 0 Å². The van der Waals surface area contributed by atoms with Crippen LogP contribution in [0.25, 0.3) is 0 Å². The fourth-order valence-corrected chi connectivity index (χ4v) is 0. The van der Waals surface area contributed by atoms with Gasteiger partial charge in [-0.1, -0.05) is 0 Å². The molecular weight excluding hydrogens is 376 g/mol. The molecule has 0 fully saturated rings. The van der Waals surface area contributed by atoms with Gasteiger partial charge in [0.2, 0.25) is 0 Å². The second kappa shape index (κ2) is 20.2. The van der Waals surface area contributed by atoms with Crippen LogP contribution in [0.3, 0.4) is 0 Å². The van der Waals surface area contributed by atoms with E-state index in [9.17, 15) is 0 Å².